The zero-order chi connectivity index (χ0) is 20.4. The summed E-state index contributed by atoms with van der Waals surface area (Å²) in [4.78, 5) is 36.4. The molecule has 0 aliphatic carbocycles. The van der Waals surface area contributed by atoms with Gasteiger partial charge < -0.3 is 21.1 Å². The summed E-state index contributed by atoms with van der Waals surface area (Å²) >= 11 is 0. The lowest BCUT2D eigenvalue weighted by Gasteiger charge is -2.25. The maximum Gasteiger partial charge on any atom is 0.408 e. The number of hydrogen-bond donors (Lipinski definition) is 3. The molecule has 2 unspecified atom stereocenters. The molecule has 0 heterocycles. The Morgan fingerprint density at radius 2 is 1.70 bits per heavy atom. The van der Waals surface area contributed by atoms with Crippen molar-refractivity contribution in [3.8, 4) is 0 Å². The number of nitrogens with one attached hydrogen (secondary N) is 2. The Kier molecular flexibility index (Phi) is 9.33. The third-order valence-electron chi connectivity index (χ3n) is 4.35. The predicted molar refractivity (Wildman–Crippen MR) is 104 cm³/mol. The topological polar surface area (TPSA) is 111 Å². The normalized spacial score (nSPS) is 14.1. The van der Waals surface area contributed by atoms with Gasteiger partial charge in [0, 0.05) is 0 Å². The van der Waals surface area contributed by atoms with E-state index in [-0.39, 0.29) is 18.4 Å². The van der Waals surface area contributed by atoms with Crippen LogP contribution in [0.3, 0.4) is 0 Å². The molecular weight excluding hydrogens is 346 g/mol. The maximum atomic E-state index is 12.6. The molecule has 1 aromatic rings. The van der Waals surface area contributed by atoms with Crippen LogP contribution in [0.5, 0.6) is 0 Å². The van der Waals surface area contributed by atoms with Crippen LogP contribution < -0.4 is 16.4 Å². The Morgan fingerprint density at radius 3 is 2.22 bits per heavy atom. The number of ether oxygens (including phenoxy) is 1. The van der Waals surface area contributed by atoms with Gasteiger partial charge >= 0.3 is 6.09 Å². The van der Waals surface area contributed by atoms with Crippen LogP contribution in [0.15, 0.2) is 30.3 Å². The van der Waals surface area contributed by atoms with Gasteiger partial charge in [-0.2, -0.15) is 0 Å². The van der Waals surface area contributed by atoms with Gasteiger partial charge in [0.2, 0.25) is 11.8 Å². The van der Waals surface area contributed by atoms with Crippen molar-refractivity contribution in [3.63, 3.8) is 0 Å². The maximum absolute atomic E-state index is 12.6. The highest BCUT2D eigenvalue weighted by Crippen LogP contribution is 2.10. The molecule has 0 fully saturated rings. The van der Waals surface area contributed by atoms with Crippen LogP contribution in [0.25, 0.3) is 0 Å². The van der Waals surface area contributed by atoms with Crippen LogP contribution in [0.4, 0.5) is 4.79 Å². The first-order chi connectivity index (χ1) is 12.7. The molecule has 0 saturated heterocycles. The molecule has 0 aliphatic rings. The Morgan fingerprint density at radius 1 is 1.07 bits per heavy atom. The van der Waals surface area contributed by atoms with E-state index in [1.807, 2.05) is 58.0 Å². The zero-order valence-corrected chi connectivity index (χ0v) is 16.5. The number of carbonyl (C=O) groups excluding carboxylic acids is 3. The number of nitrogens with two attached hydrogens (primary N) is 1. The molecule has 7 nitrogen and oxygen atoms in total. The summed E-state index contributed by atoms with van der Waals surface area (Å²) in [5.74, 6) is -0.973. The lowest BCUT2D eigenvalue weighted by Crippen LogP contribution is -2.55. The average molecular weight is 377 g/mol. The van der Waals surface area contributed by atoms with Crippen molar-refractivity contribution in [2.45, 2.75) is 59.2 Å². The summed E-state index contributed by atoms with van der Waals surface area (Å²) in [6.07, 6.45) is 0.423. The Labute approximate surface area is 161 Å². The van der Waals surface area contributed by atoms with Crippen molar-refractivity contribution in [2.75, 3.05) is 0 Å². The van der Waals surface area contributed by atoms with Crippen LogP contribution in [0.1, 0.15) is 46.1 Å². The highest BCUT2D eigenvalue weighted by Gasteiger charge is 2.29. The third-order valence-corrected chi connectivity index (χ3v) is 4.35. The quantitative estimate of drug-likeness (QED) is 0.581. The Balaban J connectivity index is 2.71. The number of alkyl carbamates (subject to hydrolysis) is 1. The molecule has 0 aromatic heterocycles. The number of rotatable bonds is 10. The van der Waals surface area contributed by atoms with E-state index in [2.05, 4.69) is 10.6 Å². The minimum absolute atomic E-state index is 0.101. The summed E-state index contributed by atoms with van der Waals surface area (Å²) in [5, 5.41) is 5.26. The highest BCUT2D eigenvalue weighted by atomic mass is 16.5. The van der Waals surface area contributed by atoms with Gasteiger partial charge in [0.25, 0.3) is 0 Å². The van der Waals surface area contributed by atoms with Crippen LogP contribution in [0.2, 0.25) is 0 Å². The van der Waals surface area contributed by atoms with Crippen molar-refractivity contribution in [3.05, 3.63) is 35.9 Å². The molecule has 0 bridgehead atoms. The molecule has 0 aliphatic heterocycles. The summed E-state index contributed by atoms with van der Waals surface area (Å²) in [6.45, 7) is 7.75. The molecule has 1 rings (SSSR count). The summed E-state index contributed by atoms with van der Waals surface area (Å²) in [7, 11) is 0. The van der Waals surface area contributed by atoms with E-state index >= 15 is 0 Å². The van der Waals surface area contributed by atoms with E-state index in [9.17, 15) is 14.4 Å². The van der Waals surface area contributed by atoms with Gasteiger partial charge in [0.1, 0.15) is 18.7 Å². The van der Waals surface area contributed by atoms with Gasteiger partial charge in [-0.3, -0.25) is 9.59 Å². The zero-order valence-electron chi connectivity index (χ0n) is 16.5. The van der Waals surface area contributed by atoms with E-state index in [4.69, 9.17) is 10.5 Å². The first-order valence-corrected chi connectivity index (χ1v) is 9.31. The van der Waals surface area contributed by atoms with E-state index < -0.39 is 30.0 Å². The average Bonchev–Trinajstić information content (AvgIpc) is 2.63. The molecule has 0 saturated carbocycles. The fraction of sp³-hybridized carbons (Fsp3) is 0.550. The molecule has 1 aromatic carbocycles. The Bertz CT molecular complexity index is 619. The molecule has 150 valence electrons. The lowest BCUT2D eigenvalue weighted by molar-refractivity contribution is -0.129. The van der Waals surface area contributed by atoms with Gasteiger partial charge in [-0.25, -0.2) is 4.79 Å². The van der Waals surface area contributed by atoms with Crippen LogP contribution in [-0.4, -0.2) is 30.0 Å². The molecule has 4 N–H and O–H groups in total. The van der Waals surface area contributed by atoms with E-state index in [0.29, 0.717) is 12.8 Å². The molecule has 0 spiro atoms. The van der Waals surface area contributed by atoms with Gasteiger partial charge in [0.05, 0.1) is 0 Å². The van der Waals surface area contributed by atoms with Crippen LogP contribution in [0, 0.1) is 11.8 Å². The lowest BCUT2D eigenvalue weighted by atomic mass is 9.97. The Hall–Kier alpha value is -2.57. The van der Waals surface area contributed by atoms with Crippen LogP contribution >= 0.6 is 0 Å². The van der Waals surface area contributed by atoms with Crippen molar-refractivity contribution in [1.29, 1.82) is 0 Å². The van der Waals surface area contributed by atoms with Crippen molar-refractivity contribution in [2.24, 2.45) is 17.6 Å². The fourth-order valence-electron chi connectivity index (χ4n) is 2.59. The summed E-state index contributed by atoms with van der Waals surface area (Å²) < 4.78 is 5.19. The molecule has 3 amide bonds. The highest BCUT2D eigenvalue weighted by molar-refractivity contribution is 5.90. The van der Waals surface area contributed by atoms with E-state index in [1.165, 1.54) is 0 Å². The molecule has 0 radical (unpaired) electrons. The van der Waals surface area contributed by atoms with Gasteiger partial charge in [-0.05, 0) is 23.8 Å². The smallest absolute Gasteiger partial charge is 0.408 e. The van der Waals surface area contributed by atoms with Gasteiger partial charge in [-0.1, -0.05) is 64.4 Å². The molecular formula is C20H31N3O4. The van der Waals surface area contributed by atoms with Crippen molar-refractivity contribution in [1.82, 2.24) is 10.6 Å². The van der Waals surface area contributed by atoms with E-state index in [1.54, 1.807) is 0 Å². The summed E-state index contributed by atoms with van der Waals surface area (Å²) in [5.41, 5.74) is 6.26. The largest absolute Gasteiger partial charge is 0.445 e. The minimum atomic E-state index is -0.806. The van der Waals surface area contributed by atoms with Gasteiger partial charge in [-0.15, -0.1) is 0 Å². The number of amides is 3. The second-order valence-corrected chi connectivity index (χ2v) is 7.16. The number of carbonyl (C=O) groups is 3. The third kappa shape index (κ3) is 8.11. The molecule has 27 heavy (non-hydrogen) atoms. The number of primary amides is 1. The van der Waals surface area contributed by atoms with Crippen LogP contribution in [-0.2, 0) is 20.9 Å². The van der Waals surface area contributed by atoms with Crippen molar-refractivity contribution >= 4 is 17.9 Å². The van der Waals surface area contributed by atoms with Gasteiger partial charge in [0.15, 0.2) is 0 Å². The minimum Gasteiger partial charge on any atom is -0.445 e. The van der Waals surface area contributed by atoms with E-state index in [0.717, 1.165) is 5.56 Å². The standard InChI is InChI=1S/C20H31N3O4/c1-5-14(4)17(18(21)24)23-19(25)16(11-13(2)3)22-20(26)27-12-15-9-7-6-8-10-15/h6-10,13-14,16-17H,5,11-12H2,1-4H3,(H2,21,24)(H,22,26)(H,23,25)/t14?,16?,17-/m0/s1. The summed E-state index contributed by atoms with van der Waals surface area (Å²) in [6, 6.07) is 7.68. The predicted octanol–water partition coefficient (Wildman–Crippen LogP) is 2.34. The fourth-order valence-corrected chi connectivity index (χ4v) is 2.59. The second kappa shape index (κ2) is 11.2. The molecule has 3 atom stereocenters. The number of hydrogen-bond acceptors (Lipinski definition) is 4. The monoisotopic (exact) mass is 377 g/mol. The molecule has 7 heteroatoms. The second-order valence-electron chi connectivity index (χ2n) is 7.16. The van der Waals surface area contributed by atoms with Crippen molar-refractivity contribution < 1.29 is 19.1 Å². The first kappa shape index (κ1) is 22.5. The number of benzene rings is 1. The SMILES string of the molecule is CCC(C)[C@H](NC(=O)C(CC(C)C)NC(=O)OCc1ccccc1)C(N)=O. The first-order valence-electron chi connectivity index (χ1n) is 9.31.